The van der Waals surface area contributed by atoms with Gasteiger partial charge in [-0.3, -0.25) is 0 Å². The Morgan fingerprint density at radius 2 is 1.84 bits per heavy atom. The third-order valence-corrected chi connectivity index (χ3v) is 3.51. The monoisotopic (exact) mass is 323 g/mol. The average Bonchev–Trinajstić information content (AvgIpc) is 2.42. The van der Waals surface area contributed by atoms with Gasteiger partial charge in [-0.1, -0.05) is 46.3 Å². The van der Waals surface area contributed by atoms with Crippen molar-refractivity contribution < 1.29 is 9.50 Å². The molecule has 0 bridgehead atoms. The molecule has 3 N–H and O–H groups in total. The molecule has 0 aromatic heterocycles. The minimum absolute atomic E-state index is 0.317. The summed E-state index contributed by atoms with van der Waals surface area (Å²) in [7, 11) is 0. The van der Waals surface area contributed by atoms with Crippen LogP contribution >= 0.6 is 15.9 Å². The topological polar surface area (TPSA) is 46.2 Å². The first-order chi connectivity index (χ1) is 9.08. The van der Waals surface area contributed by atoms with Crippen LogP contribution in [0.25, 0.3) is 0 Å². The summed E-state index contributed by atoms with van der Waals surface area (Å²) in [6.07, 6.45) is -0.431. The molecule has 2 aromatic rings. The zero-order valence-electron chi connectivity index (χ0n) is 10.3. The maximum absolute atomic E-state index is 13.7. The molecule has 0 aliphatic carbocycles. The summed E-state index contributed by atoms with van der Waals surface area (Å²) >= 11 is 3.28. The predicted octanol–water partition coefficient (Wildman–Crippen LogP) is 3.19. The second kappa shape index (κ2) is 6.28. The molecule has 2 atom stereocenters. The molecular formula is C15H15BrFNO. The Labute approximate surface area is 120 Å². The van der Waals surface area contributed by atoms with Crippen molar-refractivity contribution in [1.29, 1.82) is 0 Å². The quantitative estimate of drug-likeness (QED) is 0.907. The number of hydrogen-bond donors (Lipinski definition) is 2. The lowest BCUT2D eigenvalue weighted by atomic mass is 9.96. The van der Waals surface area contributed by atoms with Crippen molar-refractivity contribution in [2.24, 2.45) is 5.73 Å². The second-order valence-corrected chi connectivity index (χ2v) is 5.36. The second-order valence-electron chi connectivity index (χ2n) is 4.45. The lowest BCUT2D eigenvalue weighted by molar-refractivity contribution is 0.143. The van der Waals surface area contributed by atoms with Crippen molar-refractivity contribution in [3.05, 3.63) is 69.9 Å². The Kier molecular flexibility index (Phi) is 4.69. The molecule has 0 saturated heterocycles. The third kappa shape index (κ3) is 3.62. The number of aliphatic hydroxyl groups is 1. The van der Waals surface area contributed by atoms with Crippen LogP contribution in [0.3, 0.4) is 0 Å². The zero-order chi connectivity index (χ0) is 13.8. The molecule has 0 spiro atoms. The highest BCUT2D eigenvalue weighted by atomic mass is 79.9. The van der Waals surface area contributed by atoms with Crippen LogP contribution in [0.2, 0.25) is 0 Å². The van der Waals surface area contributed by atoms with Crippen molar-refractivity contribution in [3.63, 3.8) is 0 Å². The van der Waals surface area contributed by atoms with Crippen molar-refractivity contribution in [3.8, 4) is 0 Å². The molecule has 19 heavy (non-hydrogen) atoms. The van der Waals surface area contributed by atoms with Crippen LogP contribution < -0.4 is 5.73 Å². The number of nitrogens with two attached hydrogens (primary N) is 1. The van der Waals surface area contributed by atoms with Gasteiger partial charge in [0, 0.05) is 16.5 Å². The van der Waals surface area contributed by atoms with E-state index in [-0.39, 0.29) is 0 Å². The Balaban J connectivity index is 2.14. The summed E-state index contributed by atoms with van der Waals surface area (Å²) in [6.45, 7) is 0. The molecule has 100 valence electrons. The van der Waals surface area contributed by atoms with E-state index in [1.54, 1.807) is 12.1 Å². The third-order valence-electron chi connectivity index (χ3n) is 3.02. The number of rotatable bonds is 4. The van der Waals surface area contributed by atoms with E-state index < -0.39 is 18.0 Å². The van der Waals surface area contributed by atoms with E-state index in [2.05, 4.69) is 15.9 Å². The average molecular weight is 324 g/mol. The maximum atomic E-state index is 13.7. The maximum Gasteiger partial charge on any atom is 0.128 e. The zero-order valence-corrected chi connectivity index (χ0v) is 11.8. The van der Waals surface area contributed by atoms with Crippen LogP contribution in [0.15, 0.2) is 53.0 Å². The lowest BCUT2D eigenvalue weighted by Crippen LogP contribution is -2.29. The van der Waals surface area contributed by atoms with Crippen molar-refractivity contribution in [2.45, 2.75) is 18.6 Å². The normalized spacial score (nSPS) is 14.1. The summed E-state index contributed by atoms with van der Waals surface area (Å²) in [5.74, 6) is -0.400. The first-order valence-corrected chi connectivity index (χ1v) is 6.80. The summed E-state index contributed by atoms with van der Waals surface area (Å²) in [6, 6.07) is 13.3. The molecule has 0 fully saturated rings. The number of aliphatic hydroxyl groups excluding tert-OH is 1. The SMILES string of the molecule is N[C@@H](c1cc(Br)ccc1F)[C@H](O)Cc1ccccc1. The summed E-state index contributed by atoms with van der Waals surface area (Å²) < 4.78 is 14.4. The van der Waals surface area contributed by atoms with E-state index in [0.29, 0.717) is 12.0 Å². The van der Waals surface area contributed by atoms with Crippen molar-refractivity contribution in [1.82, 2.24) is 0 Å². The first-order valence-electron chi connectivity index (χ1n) is 6.00. The van der Waals surface area contributed by atoms with E-state index in [1.807, 2.05) is 30.3 Å². The van der Waals surface area contributed by atoms with E-state index >= 15 is 0 Å². The first kappa shape index (κ1) is 14.2. The Hall–Kier alpha value is -1.23. The summed E-state index contributed by atoms with van der Waals surface area (Å²) in [4.78, 5) is 0. The van der Waals surface area contributed by atoms with Crippen molar-refractivity contribution in [2.75, 3.05) is 0 Å². The van der Waals surface area contributed by atoms with Crippen LogP contribution in [-0.4, -0.2) is 11.2 Å². The van der Waals surface area contributed by atoms with Gasteiger partial charge in [0.25, 0.3) is 0 Å². The molecule has 0 radical (unpaired) electrons. The van der Waals surface area contributed by atoms with E-state index in [4.69, 9.17) is 5.73 Å². The lowest BCUT2D eigenvalue weighted by Gasteiger charge is -2.20. The highest BCUT2D eigenvalue weighted by Gasteiger charge is 2.20. The molecule has 0 saturated carbocycles. The van der Waals surface area contributed by atoms with E-state index in [0.717, 1.165) is 10.0 Å². The van der Waals surface area contributed by atoms with E-state index in [1.165, 1.54) is 6.07 Å². The van der Waals surface area contributed by atoms with Crippen LogP contribution in [0.4, 0.5) is 4.39 Å². The van der Waals surface area contributed by atoms with Gasteiger partial charge in [-0.15, -0.1) is 0 Å². The molecule has 2 aromatic carbocycles. The van der Waals surface area contributed by atoms with Gasteiger partial charge >= 0.3 is 0 Å². The van der Waals surface area contributed by atoms with E-state index in [9.17, 15) is 9.50 Å². The fourth-order valence-electron chi connectivity index (χ4n) is 1.96. The van der Waals surface area contributed by atoms with Crippen LogP contribution in [0.5, 0.6) is 0 Å². The molecule has 0 aliphatic rings. The fourth-order valence-corrected chi connectivity index (χ4v) is 2.34. The largest absolute Gasteiger partial charge is 0.391 e. The number of hydrogen-bond acceptors (Lipinski definition) is 2. The molecule has 0 amide bonds. The van der Waals surface area contributed by atoms with Gasteiger partial charge in [0.15, 0.2) is 0 Å². The van der Waals surface area contributed by atoms with Crippen molar-refractivity contribution >= 4 is 15.9 Å². The number of halogens is 2. The highest BCUT2D eigenvalue weighted by Crippen LogP contribution is 2.24. The standard InChI is InChI=1S/C15H15BrFNO/c16-11-6-7-13(17)12(9-11)15(18)14(19)8-10-4-2-1-3-5-10/h1-7,9,14-15,19H,8,18H2/t14-,15+/m1/s1. The number of benzene rings is 2. The van der Waals surface area contributed by atoms with Gasteiger partial charge in [-0.2, -0.15) is 0 Å². The Morgan fingerprint density at radius 3 is 2.53 bits per heavy atom. The molecule has 4 heteroatoms. The summed E-state index contributed by atoms with van der Waals surface area (Å²) in [5.41, 5.74) is 7.24. The van der Waals surface area contributed by atoms with Gasteiger partial charge in [0.05, 0.1) is 12.1 Å². The van der Waals surface area contributed by atoms with Gasteiger partial charge in [0.1, 0.15) is 5.82 Å². The van der Waals surface area contributed by atoms with Crippen LogP contribution in [0.1, 0.15) is 17.2 Å². The van der Waals surface area contributed by atoms with Crippen LogP contribution in [0, 0.1) is 5.82 Å². The van der Waals surface area contributed by atoms with Gasteiger partial charge < -0.3 is 10.8 Å². The summed E-state index contributed by atoms with van der Waals surface area (Å²) in [5, 5.41) is 10.1. The van der Waals surface area contributed by atoms with Gasteiger partial charge in [-0.25, -0.2) is 4.39 Å². The fraction of sp³-hybridized carbons (Fsp3) is 0.200. The smallest absolute Gasteiger partial charge is 0.128 e. The molecule has 0 aliphatic heterocycles. The van der Waals surface area contributed by atoms with Gasteiger partial charge in [-0.05, 0) is 23.8 Å². The molecule has 2 rings (SSSR count). The molecular weight excluding hydrogens is 309 g/mol. The molecule has 0 heterocycles. The molecule has 2 nitrogen and oxygen atoms in total. The van der Waals surface area contributed by atoms with Crippen LogP contribution in [-0.2, 0) is 6.42 Å². The van der Waals surface area contributed by atoms with Gasteiger partial charge in [0.2, 0.25) is 0 Å². The predicted molar refractivity (Wildman–Crippen MR) is 77.2 cm³/mol. The Bertz CT molecular complexity index is 547. The minimum Gasteiger partial charge on any atom is -0.391 e. The molecule has 0 unspecified atom stereocenters. The Morgan fingerprint density at radius 1 is 1.16 bits per heavy atom. The minimum atomic E-state index is -0.828. The highest BCUT2D eigenvalue weighted by molar-refractivity contribution is 9.10.